The lowest BCUT2D eigenvalue weighted by Gasteiger charge is -2.04. The standard InChI is InChI=1S/C15H9F2IN2O/c16-9-3-6-11(12(17)7-9)13-14(21-20-15(13)19)8-1-4-10(18)5-2-8/h1-7H,(H2,19,20). The van der Waals surface area contributed by atoms with Crippen LogP contribution in [0.5, 0.6) is 0 Å². The van der Waals surface area contributed by atoms with Gasteiger partial charge in [0.1, 0.15) is 11.6 Å². The highest BCUT2D eigenvalue weighted by molar-refractivity contribution is 14.1. The van der Waals surface area contributed by atoms with Gasteiger partial charge in [0.15, 0.2) is 11.6 Å². The maximum absolute atomic E-state index is 14.0. The summed E-state index contributed by atoms with van der Waals surface area (Å²) in [4.78, 5) is 0. The fraction of sp³-hybridized carbons (Fsp3) is 0. The Morgan fingerprint density at radius 1 is 1.05 bits per heavy atom. The average Bonchev–Trinajstić information content (AvgIpc) is 2.82. The van der Waals surface area contributed by atoms with Gasteiger partial charge in [-0.1, -0.05) is 17.3 Å². The van der Waals surface area contributed by atoms with E-state index in [2.05, 4.69) is 27.7 Å². The molecule has 3 rings (SSSR count). The van der Waals surface area contributed by atoms with E-state index in [1.165, 1.54) is 12.1 Å². The van der Waals surface area contributed by atoms with E-state index in [0.29, 0.717) is 11.3 Å². The van der Waals surface area contributed by atoms with Crippen LogP contribution in [-0.2, 0) is 0 Å². The number of benzene rings is 2. The summed E-state index contributed by atoms with van der Waals surface area (Å²) in [6, 6.07) is 10.7. The molecule has 0 fully saturated rings. The van der Waals surface area contributed by atoms with E-state index in [1.807, 2.05) is 24.3 Å². The average molecular weight is 398 g/mol. The molecule has 3 nitrogen and oxygen atoms in total. The third-order valence-corrected chi connectivity index (χ3v) is 3.74. The first-order valence-electron chi connectivity index (χ1n) is 6.03. The van der Waals surface area contributed by atoms with Crippen LogP contribution in [0.2, 0.25) is 0 Å². The number of rotatable bonds is 2. The van der Waals surface area contributed by atoms with E-state index in [-0.39, 0.29) is 11.4 Å². The van der Waals surface area contributed by atoms with E-state index < -0.39 is 11.6 Å². The predicted molar refractivity (Wildman–Crippen MR) is 84.4 cm³/mol. The van der Waals surface area contributed by atoms with Crippen LogP contribution in [0, 0.1) is 15.2 Å². The Balaban J connectivity index is 2.19. The number of nitrogens with zero attached hydrogens (tertiary/aromatic N) is 1. The lowest BCUT2D eigenvalue weighted by Crippen LogP contribution is -1.92. The molecule has 0 aliphatic carbocycles. The molecular formula is C15H9F2IN2O. The Morgan fingerprint density at radius 3 is 2.43 bits per heavy atom. The van der Waals surface area contributed by atoms with Crippen molar-refractivity contribution in [3.8, 4) is 22.5 Å². The van der Waals surface area contributed by atoms with Crippen molar-refractivity contribution < 1.29 is 13.3 Å². The summed E-state index contributed by atoms with van der Waals surface area (Å²) in [5, 5.41) is 3.70. The van der Waals surface area contributed by atoms with Crippen molar-refractivity contribution in [2.45, 2.75) is 0 Å². The number of nitrogens with two attached hydrogens (primary N) is 1. The molecule has 0 atom stereocenters. The summed E-state index contributed by atoms with van der Waals surface area (Å²) >= 11 is 2.18. The molecule has 0 bridgehead atoms. The minimum atomic E-state index is -0.711. The normalized spacial score (nSPS) is 10.8. The summed E-state index contributed by atoms with van der Waals surface area (Å²) in [6.45, 7) is 0. The van der Waals surface area contributed by atoms with Gasteiger partial charge in [0.05, 0.1) is 5.56 Å². The van der Waals surface area contributed by atoms with Gasteiger partial charge in [-0.05, 0) is 46.9 Å². The number of anilines is 1. The summed E-state index contributed by atoms with van der Waals surface area (Å²) in [6.07, 6.45) is 0. The maximum Gasteiger partial charge on any atom is 0.177 e. The number of halogens is 3. The van der Waals surface area contributed by atoms with Crippen LogP contribution in [0.4, 0.5) is 14.6 Å². The fourth-order valence-electron chi connectivity index (χ4n) is 2.05. The molecule has 1 aromatic heterocycles. The highest BCUT2D eigenvalue weighted by Crippen LogP contribution is 2.38. The Labute approximate surface area is 132 Å². The van der Waals surface area contributed by atoms with Crippen molar-refractivity contribution in [2.75, 3.05) is 5.73 Å². The molecule has 0 radical (unpaired) electrons. The molecule has 0 spiro atoms. The first-order chi connectivity index (χ1) is 10.1. The topological polar surface area (TPSA) is 52.0 Å². The van der Waals surface area contributed by atoms with Crippen LogP contribution in [0.15, 0.2) is 47.0 Å². The smallest absolute Gasteiger partial charge is 0.177 e. The minimum Gasteiger partial charge on any atom is -0.380 e. The summed E-state index contributed by atoms with van der Waals surface area (Å²) < 4.78 is 33.3. The van der Waals surface area contributed by atoms with E-state index >= 15 is 0 Å². The Morgan fingerprint density at radius 2 is 1.76 bits per heavy atom. The molecule has 0 saturated heterocycles. The van der Waals surface area contributed by atoms with Crippen LogP contribution in [0.3, 0.4) is 0 Å². The molecule has 106 valence electrons. The second kappa shape index (κ2) is 5.44. The van der Waals surface area contributed by atoms with E-state index in [0.717, 1.165) is 15.2 Å². The molecular weight excluding hydrogens is 389 g/mol. The maximum atomic E-state index is 14.0. The first kappa shape index (κ1) is 14.0. The molecule has 0 aliphatic heterocycles. The number of hydrogen-bond acceptors (Lipinski definition) is 3. The van der Waals surface area contributed by atoms with Crippen molar-refractivity contribution in [3.63, 3.8) is 0 Å². The summed E-state index contributed by atoms with van der Waals surface area (Å²) in [7, 11) is 0. The highest BCUT2D eigenvalue weighted by atomic mass is 127. The molecule has 3 aromatic rings. The van der Waals surface area contributed by atoms with Gasteiger partial charge in [-0.3, -0.25) is 0 Å². The third kappa shape index (κ3) is 2.63. The number of hydrogen-bond donors (Lipinski definition) is 1. The minimum absolute atomic E-state index is 0.0639. The molecule has 21 heavy (non-hydrogen) atoms. The van der Waals surface area contributed by atoms with Gasteiger partial charge in [0, 0.05) is 20.8 Å². The monoisotopic (exact) mass is 398 g/mol. The van der Waals surface area contributed by atoms with Gasteiger partial charge in [-0.15, -0.1) is 0 Å². The molecule has 0 unspecified atom stereocenters. The van der Waals surface area contributed by atoms with E-state index in [4.69, 9.17) is 10.3 Å². The van der Waals surface area contributed by atoms with Crippen molar-refractivity contribution in [2.24, 2.45) is 0 Å². The van der Waals surface area contributed by atoms with Crippen molar-refractivity contribution in [1.82, 2.24) is 5.16 Å². The first-order valence-corrected chi connectivity index (χ1v) is 7.10. The molecule has 2 aromatic carbocycles. The van der Waals surface area contributed by atoms with E-state index in [9.17, 15) is 8.78 Å². The third-order valence-electron chi connectivity index (χ3n) is 3.03. The fourth-order valence-corrected chi connectivity index (χ4v) is 2.41. The van der Waals surface area contributed by atoms with Gasteiger partial charge in [0.2, 0.25) is 0 Å². The SMILES string of the molecule is Nc1noc(-c2ccc(I)cc2)c1-c1ccc(F)cc1F. The Hall–Kier alpha value is -1.96. The lowest BCUT2D eigenvalue weighted by molar-refractivity contribution is 0.436. The zero-order chi connectivity index (χ0) is 15.0. The van der Waals surface area contributed by atoms with Crippen LogP contribution in [0.25, 0.3) is 22.5 Å². The van der Waals surface area contributed by atoms with Crippen LogP contribution in [-0.4, -0.2) is 5.16 Å². The predicted octanol–water partition coefficient (Wildman–Crippen LogP) is 4.47. The molecule has 2 N–H and O–H groups in total. The van der Waals surface area contributed by atoms with E-state index in [1.54, 1.807) is 0 Å². The molecule has 0 amide bonds. The zero-order valence-corrected chi connectivity index (χ0v) is 12.8. The number of nitrogen functional groups attached to an aromatic ring is 1. The van der Waals surface area contributed by atoms with Crippen molar-refractivity contribution in [3.05, 3.63) is 57.7 Å². The second-order valence-corrected chi connectivity index (χ2v) is 5.65. The highest BCUT2D eigenvalue weighted by Gasteiger charge is 2.20. The molecule has 0 aliphatic rings. The largest absolute Gasteiger partial charge is 0.380 e. The number of aromatic nitrogens is 1. The van der Waals surface area contributed by atoms with Gasteiger partial charge in [-0.2, -0.15) is 0 Å². The quantitative estimate of drug-likeness (QED) is 0.648. The van der Waals surface area contributed by atoms with Crippen LogP contribution < -0.4 is 5.73 Å². The lowest BCUT2D eigenvalue weighted by atomic mass is 10.0. The molecule has 1 heterocycles. The molecule has 0 saturated carbocycles. The van der Waals surface area contributed by atoms with Gasteiger partial charge < -0.3 is 10.3 Å². The second-order valence-electron chi connectivity index (χ2n) is 4.40. The van der Waals surface area contributed by atoms with Gasteiger partial charge in [-0.25, -0.2) is 8.78 Å². The van der Waals surface area contributed by atoms with Crippen LogP contribution >= 0.6 is 22.6 Å². The Bertz CT molecular complexity index is 800. The zero-order valence-electron chi connectivity index (χ0n) is 10.6. The van der Waals surface area contributed by atoms with Gasteiger partial charge >= 0.3 is 0 Å². The molecule has 6 heteroatoms. The Kier molecular flexibility index (Phi) is 3.62. The van der Waals surface area contributed by atoms with Crippen LogP contribution in [0.1, 0.15) is 0 Å². The summed E-state index contributed by atoms with van der Waals surface area (Å²) in [5.41, 5.74) is 6.99. The van der Waals surface area contributed by atoms with Gasteiger partial charge in [0.25, 0.3) is 0 Å². The van der Waals surface area contributed by atoms with Crippen molar-refractivity contribution >= 4 is 28.4 Å². The summed E-state index contributed by atoms with van der Waals surface area (Å²) in [5.74, 6) is -0.942. The van der Waals surface area contributed by atoms with Crippen molar-refractivity contribution in [1.29, 1.82) is 0 Å².